The van der Waals surface area contributed by atoms with Gasteiger partial charge in [-0.3, -0.25) is 0 Å². The Balaban J connectivity index is 2.01. The van der Waals surface area contributed by atoms with Gasteiger partial charge in [0.25, 0.3) is 0 Å². The molecule has 0 aliphatic heterocycles. The summed E-state index contributed by atoms with van der Waals surface area (Å²) in [6, 6.07) is 12.4. The molecule has 0 N–H and O–H groups in total. The zero-order valence-corrected chi connectivity index (χ0v) is 11.9. The van der Waals surface area contributed by atoms with Crippen LogP contribution in [0.4, 0.5) is 0 Å². The molecule has 0 radical (unpaired) electrons. The zero-order valence-electron chi connectivity index (χ0n) is 11.1. The second kappa shape index (κ2) is 5.10. The van der Waals surface area contributed by atoms with Crippen molar-refractivity contribution in [3.8, 4) is 10.7 Å². The number of para-hydroxylation sites is 1. The van der Waals surface area contributed by atoms with Crippen LogP contribution < -0.4 is 0 Å². The van der Waals surface area contributed by atoms with E-state index in [0.717, 1.165) is 22.6 Å². The molecule has 0 amide bonds. The number of benzene rings is 1. The van der Waals surface area contributed by atoms with Gasteiger partial charge >= 0.3 is 0 Å². The van der Waals surface area contributed by atoms with Crippen LogP contribution in [0.1, 0.15) is 31.9 Å². The minimum atomic E-state index is 0.519. The molecule has 2 heterocycles. The van der Waals surface area contributed by atoms with E-state index in [-0.39, 0.29) is 0 Å². The van der Waals surface area contributed by atoms with Crippen molar-refractivity contribution >= 4 is 22.2 Å². The predicted molar refractivity (Wildman–Crippen MR) is 81.6 cm³/mol. The summed E-state index contributed by atoms with van der Waals surface area (Å²) >= 11 is 1.68. The molecule has 0 aliphatic carbocycles. The molecule has 3 heteroatoms. The average Bonchev–Trinajstić information content (AvgIpc) is 2.95. The van der Waals surface area contributed by atoms with Gasteiger partial charge in [0.15, 0.2) is 0 Å². The van der Waals surface area contributed by atoms with E-state index in [1.54, 1.807) is 11.3 Å². The lowest BCUT2D eigenvalue weighted by atomic mass is 10.1. The van der Waals surface area contributed by atoms with E-state index in [0.29, 0.717) is 5.92 Å². The van der Waals surface area contributed by atoms with Gasteiger partial charge in [0.2, 0.25) is 0 Å². The van der Waals surface area contributed by atoms with Crippen molar-refractivity contribution in [2.45, 2.75) is 26.2 Å². The molecule has 0 saturated heterocycles. The molecule has 2 aromatic heterocycles. The van der Waals surface area contributed by atoms with Gasteiger partial charge in [0.1, 0.15) is 5.01 Å². The van der Waals surface area contributed by atoms with E-state index >= 15 is 0 Å². The summed E-state index contributed by atoms with van der Waals surface area (Å²) in [7, 11) is 0. The van der Waals surface area contributed by atoms with Gasteiger partial charge in [-0.25, -0.2) is 9.97 Å². The maximum absolute atomic E-state index is 4.71. The Hall–Kier alpha value is -1.74. The van der Waals surface area contributed by atoms with E-state index < -0.39 is 0 Å². The highest BCUT2D eigenvalue weighted by Crippen LogP contribution is 2.28. The first-order valence-electron chi connectivity index (χ1n) is 6.59. The smallest absolute Gasteiger partial charge is 0.142 e. The van der Waals surface area contributed by atoms with Crippen LogP contribution in [-0.4, -0.2) is 9.97 Å². The van der Waals surface area contributed by atoms with Crippen LogP contribution >= 0.6 is 11.3 Å². The van der Waals surface area contributed by atoms with Crippen molar-refractivity contribution in [2.75, 3.05) is 0 Å². The summed E-state index contributed by atoms with van der Waals surface area (Å²) in [4.78, 5) is 9.41. The third kappa shape index (κ3) is 2.38. The summed E-state index contributed by atoms with van der Waals surface area (Å²) < 4.78 is 0. The minimum Gasteiger partial charge on any atom is -0.245 e. The van der Waals surface area contributed by atoms with Gasteiger partial charge in [0.05, 0.1) is 16.9 Å². The molecule has 0 aliphatic rings. The summed E-state index contributed by atoms with van der Waals surface area (Å²) in [6.45, 7) is 4.41. The molecular weight excluding hydrogens is 252 g/mol. The Bertz CT molecular complexity index is 703. The molecule has 19 heavy (non-hydrogen) atoms. The Morgan fingerprint density at radius 1 is 1.11 bits per heavy atom. The van der Waals surface area contributed by atoms with Crippen molar-refractivity contribution in [1.82, 2.24) is 9.97 Å². The predicted octanol–water partition coefficient (Wildman–Crippen LogP) is 4.87. The third-order valence-corrected chi connectivity index (χ3v) is 4.34. The van der Waals surface area contributed by atoms with Gasteiger partial charge in [0, 0.05) is 10.8 Å². The number of aromatic nitrogens is 2. The SMILES string of the molecule is CCC(C)c1csc(-c2ccc3ccccc3n2)n1. The van der Waals surface area contributed by atoms with Crippen LogP contribution in [0.25, 0.3) is 21.6 Å². The van der Waals surface area contributed by atoms with E-state index in [9.17, 15) is 0 Å². The maximum atomic E-state index is 4.71. The number of rotatable bonds is 3. The third-order valence-electron chi connectivity index (χ3n) is 3.46. The average molecular weight is 268 g/mol. The van der Waals surface area contributed by atoms with Gasteiger partial charge in [-0.2, -0.15) is 0 Å². The number of fused-ring (bicyclic) bond motifs is 1. The first-order chi connectivity index (χ1) is 9.28. The monoisotopic (exact) mass is 268 g/mol. The standard InChI is InChI=1S/C16H16N2S/c1-3-11(2)15-10-19-16(18-15)14-9-8-12-6-4-5-7-13(12)17-14/h4-11H,3H2,1-2H3. The molecular formula is C16H16N2S. The van der Waals surface area contributed by atoms with E-state index in [2.05, 4.69) is 37.4 Å². The highest BCUT2D eigenvalue weighted by molar-refractivity contribution is 7.13. The quantitative estimate of drug-likeness (QED) is 0.677. The Kier molecular flexibility index (Phi) is 3.30. The lowest BCUT2D eigenvalue weighted by Gasteiger charge is -2.03. The molecule has 1 aromatic carbocycles. The fourth-order valence-electron chi connectivity index (χ4n) is 2.02. The van der Waals surface area contributed by atoms with Gasteiger partial charge < -0.3 is 0 Å². The molecule has 1 unspecified atom stereocenters. The molecule has 0 fully saturated rings. The molecule has 2 nitrogen and oxygen atoms in total. The van der Waals surface area contributed by atoms with Gasteiger partial charge in [-0.05, 0) is 24.5 Å². The van der Waals surface area contributed by atoms with Crippen molar-refractivity contribution in [1.29, 1.82) is 0 Å². The second-order valence-electron chi connectivity index (χ2n) is 4.78. The highest BCUT2D eigenvalue weighted by Gasteiger charge is 2.10. The van der Waals surface area contributed by atoms with Crippen molar-refractivity contribution in [2.24, 2.45) is 0 Å². The summed E-state index contributed by atoms with van der Waals surface area (Å²) in [5.74, 6) is 0.519. The molecule has 1 atom stereocenters. The highest BCUT2D eigenvalue weighted by atomic mass is 32.1. The summed E-state index contributed by atoms with van der Waals surface area (Å²) in [5, 5.41) is 4.34. The van der Waals surface area contributed by atoms with Crippen molar-refractivity contribution in [3.63, 3.8) is 0 Å². The lowest BCUT2D eigenvalue weighted by molar-refractivity contribution is 0.714. The lowest BCUT2D eigenvalue weighted by Crippen LogP contribution is -1.91. The number of nitrogens with zero attached hydrogens (tertiary/aromatic N) is 2. The number of thiazole rings is 1. The Morgan fingerprint density at radius 3 is 2.79 bits per heavy atom. The molecule has 3 aromatic rings. The van der Waals surface area contributed by atoms with Crippen LogP contribution in [0.2, 0.25) is 0 Å². The topological polar surface area (TPSA) is 25.8 Å². The molecule has 3 rings (SSSR count). The largest absolute Gasteiger partial charge is 0.245 e. The molecule has 96 valence electrons. The van der Waals surface area contributed by atoms with Crippen molar-refractivity contribution in [3.05, 3.63) is 47.5 Å². The normalized spacial score (nSPS) is 12.7. The molecule has 0 saturated carbocycles. The van der Waals surface area contributed by atoms with Crippen LogP contribution in [0.15, 0.2) is 41.8 Å². The van der Waals surface area contributed by atoms with Crippen LogP contribution in [0.5, 0.6) is 0 Å². The van der Waals surface area contributed by atoms with Crippen LogP contribution in [0.3, 0.4) is 0 Å². The van der Waals surface area contributed by atoms with Crippen LogP contribution in [0, 0.1) is 0 Å². The van der Waals surface area contributed by atoms with E-state index in [1.165, 1.54) is 11.1 Å². The fourth-order valence-corrected chi connectivity index (χ4v) is 2.93. The summed E-state index contributed by atoms with van der Waals surface area (Å²) in [6.07, 6.45) is 1.12. The summed E-state index contributed by atoms with van der Waals surface area (Å²) in [5.41, 5.74) is 3.18. The van der Waals surface area contributed by atoms with Crippen LogP contribution in [-0.2, 0) is 0 Å². The zero-order chi connectivity index (χ0) is 13.2. The maximum Gasteiger partial charge on any atom is 0.142 e. The molecule has 0 bridgehead atoms. The van der Waals surface area contributed by atoms with E-state index in [4.69, 9.17) is 9.97 Å². The van der Waals surface area contributed by atoms with E-state index in [1.807, 2.05) is 18.2 Å². The second-order valence-corrected chi connectivity index (χ2v) is 5.63. The Labute approximate surface area is 117 Å². The first kappa shape index (κ1) is 12.3. The van der Waals surface area contributed by atoms with Crippen molar-refractivity contribution < 1.29 is 0 Å². The number of hydrogen-bond donors (Lipinski definition) is 0. The minimum absolute atomic E-state index is 0.519. The fraction of sp³-hybridized carbons (Fsp3) is 0.250. The number of hydrogen-bond acceptors (Lipinski definition) is 3. The van der Waals surface area contributed by atoms with Gasteiger partial charge in [-0.15, -0.1) is 11.3 Å². The molecule has 0 spiro atoms. The number of pyridine rings is 1. The first-order valence-corrected chi connectivity index (χ1v) is 7.47. The van der Waals surface area contributed by atoms with Gasteiger partial charge in [-0.1, -0.05) is 38.1 Å². The Morgan fingerprint density at radius 2 is 1.95 bits per heavy atom.